The summed E-state index contributed by atoms with van der Waals surface area (Å²) >= 11 is 0. The number of ether oxygens (including phenoxy) is 11. The second-order valence-corrected chi connectivity index (χ2v) is 24.1. The fraction of sp³-hybridized carbons (Fsp3) is 0.961. The zero-order chi connectivity index (χ0) is 53.2. The molecule has 30 atom stereocenters. The number of rotatable bonds is 12. The normalized spacial score (nSPS) is 57.4. The Kier molecular flexibility index (Phi) is 15.7. The van der Waals surface area contributed by atoms with Crippen molar-refractivity contribution in [1.82, 2.24) is 0 Å². The molecule has 0 radical (unpaired) electrons. The molecular weight excluding hydrogens is 981 g/mol. The molecule has 4 aliphatic carbocycles. The lowest BCUT2D eigenvalue weighted by molar-refractivity contribution is -0.390. The standard InChI is InChI=1S/C51H82O23/c1-21-42-49(5)12-10-26-25(27(49)16-51(42,64-6)74-50(21)14-13-47(3,73-50)20-66-44-38(62)36(60)33(57)29(17-52)69-44)8-7-23-15-24(9-11-48(23,26)4)68-46-41(72-45-39(63)35(59)31(55)22(2)67-45)40(34(58)30(18-53)70-46)71-43-37(61)32(56)28(54)19-65-43/h7,21-22,24-46,52-63H,8-20H2,1-6H3/t21-,22-,24-,25+,26-,27-,28+,29+,30+,31-,32-,33+,34-,35+,36-,37+,38+,39+,40-,41+,42+,43-,44+,45-,46+,47-,48-,49-,50+,51-/m0/s1. The van der Waals surface area contributed by atoms with Gasteiger partial charge < -0.3 is 113 Å². The second kappa shape index (κ2) is 20.7. The van der Waals surface area contributed by atoms with Crippen molar-refractivity contribution in [3.8, 4) is 0 Å². The Bertz CT molecular complexity index is 2000. The predicted octanol–water partition coefficient (Wildman–Crippen LogP) is -2.23. The summed E-state index contributed by atoms with van der Waals surface area (Å²) in [4.78, 5) is 0. The molecule has 3 saturated carbocycles. The van der Waals surface area contributed by atoms with Gasteiger partial charge in [-0.05, 0) is 87.4 Å². The van der Waals surface area contributed by atoms with Crippen LogP contribution in [0.5, 0.6) is 0 Å². The fourth-order valence-corrected chi connectivity index (χ4v) is 15.6. The highest BCUT2D eigenvalue weighted by molar-refractivity contribution is 5.27. The first-order chi connectivity index (χ1) is 35.0. The zero-order valence-corrected chi connectivity index (χ0v) is 43.1. The van der Waals surface area contributed by atoms with Crippen LogP contribution >= 0.6 is 0 Å². The number of fused-ring (bicyclic) bond motifs is 7. The summed E-state index contributed by atoms with van der Waals surface area (Å²) in [5.41, 5.74) is 0.0554. The SMILES string of the molecule is CO[C@]12C[C@H]3[C@@H]4CC=C5C[C@@H](O[C@@H]6O[C@H](CO)[C@H](O)[C@H](O[C@@H]7OC[C@@H](O)[C@H](O)[C@H]7O)[C@H]6O[C@@H]6O[C@@H](C)[C@H](O)[C@@H](O)[C@H]6O)CC[C@]5(C)[C@H]4CC[C@]3(C)[C@H]1[C@H](C)[C@@]1(CC[C@@](C)(CO[C@@H]3O[C@H](CO)[C@@H](O)[C@H](O)[C@H]3O)O1)O2. The van der Waals surface area contributed by atoms with Crippen LogP contribution in [0.1, 0.15) is 92.4 Å². The van der Waals surface area contributed by atoms with Gasteiger partial charge in [-0.25, -0.2) is 0 Å². The third-order valence-electron chi connectivity index (χ3n) is 19.9. The molecule has 23 heteroatoms. The van der Waals surface area contributed by atoms with Crippen molar-refractivity contribution in [2.24, 2.45) is 40.4 Å². The minimum absolute atomic E-state index is 0.000997. The van der Waals surface area contributed by atoms with E-state index in [0.717, 1.165) is 25.7 Å². The Morgan fingerprint density at radius 1 is 0.635 bits per heavy atom. The average molecular weight is 1060 g/mol. The Balaban J connectivity index is 0.840. The molecule has 424 valence electrons. The van der Waals surface area contributed by atoms with E-state index >= 15 is 0 Å². The van der Waals surface area contributed by atoms with E-state index in [9.17, 15) is 61.3 Å². The van der Waals surface area contributed by atoms with Crippen LogP contribution in [0.3, 0.4) is 0 Å². The highest BCUT2D eigenvalue weighted by Crippen LogP contribution is 2.74. The van der Waals surface area contributed by atoms with E-state index in [1.807, 2.05) is 6.92 Å². The molecule has 0 amide bonds. The lowest BCUT2D eigenvalue weighted by atomic mass is 9.47. The first kappa shape index (κ1) is 56.1. The van der Waals surface area contributed by atoms with Crippen LogP contribution in [0.25, 0.3) is 0 Å². The number of aliphatic hydroxyl groups is 12. The third kappa shape index (κ3) is 9.19. The molecule has 1 spiro atoms. The van der Waals surface area contributed by atoms with Crippen molar-refractivity contribution >= 4 is 0 Å². The highest BCUT2D eigenvalue weighted by Gasteiger charge is 2.76. The molecule has 6 saturated heterocycles. The Morgan fingerprint density at radius 2 is 1.30 bits per heavy atom. The average Bonchev–Trinajstić information content (AvgIpc) is 3.95. The van der Waals surface area contributed by atoms with Gasteiger partial charge in [0.25, 0.3) is 0 Å². The van der Waals surface area contributed by atoms with Gasteiger partial charge in [0.2, 0.25) is 0 Å². The van der Waals surface area contributed by atoms with Crippen molar-refractivity contribution in [3.63, 3.8) is 0 Å². The zero-order valence-electron chi connectivity index (χ0n) is 43.1. The quantitative estimate of drug-likeness (QED) is 0.0920. The molecular formula is C51H82O23. The van der Waals surface area contributed by atoms with Crippen molar-refractivity contribution < 1.29 is 113 Å². The minimum atomic E-state index is -1.77. The molecule has 23 nitrogen and oxygen atoms in total. The van der Waals surface area contributed by atoms with Crippen LogP contribution < -0.4 is 0 Å². The van der Waals surface area contributed by atoms with Crippen LogP contribution in [0.15, 0.2) is 11.6 Å². The van der Waals surface area contributed by atoms with Crippen molar-refractivity contribution in [3.05, 3.63) is 11.6 Å². The van der Waals surface area contributed by atoms with Gasteiger partial charge in [0.15, 0.2) is 36.7 Å². The minimum Gasteiger partial charge on any atom is -0.394 e. The van der Waals surface area contributed by atoms with Crippen LogP contribution in [0.2, 0.25) is 0 Å². The summed E-state index contributed by atoms with van der Waals surface area (Å²) < 4.78 is 69.0. The highest BCUT2D eigenvalue weighted by atomic mass is 16.8. The molecule has 12 N–H and O–H groups in total. The predicted molar refractivity (Wildman–Crippen MR) is 248 cm³/mol. The van der Waals surface area contributed by atoms with Crippen LogP contribution in [-0.2, 0) is 52.1 Å². The van der Waals surface area contributed by atoms with Gasteiger partial charge in [-0.1, -0.05) is 32.4 Å². The van der Waals surface area contributed by atoms with Gasteiger partial charge >= 0.3 is 0 Å². The summed E-state index contributed by atoms with van der Waals surface area (Å²) in [5.74, 6) is -1.03. The van der Waals surface area contributed by atoms with Gasteiger partial charge in [0, 0.05) is 31.8 Å². The summed E-state index contributed by atoms with van der Waals surface area (Å²) in [6, 6.07) is 0. The number of hydrogen-bond donors (Lipinski definition) is 12. The first-order valence-corrected chi connectivity index (χ1v) is 26.8. The lowest BCUT2D eigenvalue weighted by Crippen LogP contribution is -2.66. The van der Waals surface area contributed by atoms with E-state index in [0.29, 0.717) is 43.9 Å². The molecule has 6 heterocycles. The Hall–Kier alpha value is -1.18. The van der Waals surface area contributed by atoms with E-state index in [1.165, 1.54) is 12.5 Å². The number of aliphatic hydroxyl groups excluding tert-OH is 12. The maximum absolute atomic E-state index is 11.6. The first-order valence-electron chi connectivity index (χ1n) is 26.8. The molecule has 10 aliphatic rings. The summed E-state index contributed by atoms with van der Waals surface area (Å²) in [7, 11) is 1.72. The van der Waals surface area contributed by atoms with Crippen molar-refractivity contribution in [2.75, 3.05) is 33.5 Å². The van der Waals surface area contributed by atoms with Crippen LogP contribution in [0.4, 0.5) is 0 Å². The second-order valence-electron chi connectivity index (χ2n) is 24.1. The molecule has 0 bridgehead atoms. The van der Waals surface area contributed by atoms with Crippen molar-refractivity contribution in [1.29, 1.82) is 0 Å². The molecule has 9 fully saturated rings. The molecule has 0 aromatic rings. The topological polar surface area (TPSA) is 344 Å². The van der Waals surface area contributed by atoms with Crippen LogP contribution in [-0.4, -0.2) is 235 Å². The largest absolute Gasteiger partial charge is 0.394 e. The molecule has 0 unspecified atom stereocenters. The lowest BCUT2D eigenvalue weighted by Gasteiger charge is -2.58. The molecule has 0 aromatic heterocycles. The monoisotopic (exact) mass is 1060 g/mol. The number of methoxy groups -OCH3 is 1. The van der Waals surface area contributed by atoms with E-state index < -0.39 is 160 Å². The van der Waals surface area contributed by atoms with Crippen molar-refractivity contribution in [2.45, 2.75) is 232 Å². The van der Waals surface area contributed by atoms with E-state index in [4.69, 9.17) is 52.1 Å². The molecule has 74 heavy (non-hydrogen) atoms. The Labute approximate surface area is 430 Å². The smallest absolute Gasteiger partial charge is 0.187 e. The molecule has 10 rings (SSSR count). The molecule has 6 aliphatic heterocycles. The number of allylic oxidation sites excluding steroid dienone is 1. The fourth-order valence-electron chi connectivity index (χ4n) is 15.6. The summed E-state index contributed by atoms with van der Waals surface area (Å²) in [6.07, 6.45) is -19.8. The summed E-state index contributed by atoms with van der Waals surface area (Å²) in [5, 5.41) is 127. The maximum Gasteiger partial charge on any atom is 0.187 e. The van der Waals surface area contributed by atoms with Crippen LogP contribution in [0, 0.1) is 40.4 Å². The molecule has 0 aromatic carbocycles. The van der Waals surface area contributed by atoms with Gasteiger partial charge in [0.05, 0.1) is 44.2 Å². The van der Waals surface area contributed by atoms with E-state index in [2.05, 4.69) is 26.8 Å². The van der Waals surface area contributed by atoms with Gasteiger partial charge in [0.1, 0.15) is 85.5 Å². The van der Waals surface area contributed by atoms with E-state index in [1.54, 1.807) is 7.11 Å². The van der Waals surface area contributed by atoms with Gasteiger partial charge in [-0.15, -0.1) is 0 Å². The van der Waals surface area contributed by atoms with Gasteiger partial charge in [-0.3, -0.25) is 0 Å². The van der Waals surface area contributed by atoms with Gasteiger partial charge in [-0.2, -0.15) is 0 Å². The maximum atomic E-state index is 11.6. The number of hydrogen-bond acceptors (Lipinski definition) is 23. The third-order valence-corrected chi connectivity index (χ3v) is 19.9. The Morgan fingerprint density at radius 3 is 2.01 bits per heavy atom. The van der Waals surface area contributed by atoms with E-state index in [-0.39, 0.29) is 35.2 Å². The summed E-state index contributed by atoms with van der Waals surface area (Å²) in [6.45, 7) is 8.68.